The Hall–Kier alpha value is -0.610. The van der Waals surface area contributed by atoms with E-state index >= 15 is 0 Å². The van der Waals surface area contributed by atoms with Crippen LogP contribution in [0.1, 0.15) is 6.92 Å². The predicted molar refractivity (Wildman–Crippen MR) is 33.2 cm³/mol. The van der Waals surface area contributed by atoms with Crippen LogP contribution in [0.4, 0.5) is 0 Å². The zero-order valence-corrected chi connectivity index (χ0v) is 5.37. The van der Waals surface area contributed by atoms with E-state index in [0.29, 0.717) is 6.61 Å². The third-order valence-corrected chi connectivity index (χ3v) is 0.867. The molecule has 54 valence electrons. The van der Waals surface area contributed by atoms with Gasteiger partial charge in [-0.25, -0.2) is 0 Å². The lowest BCUT2D eigenvalue weighted by molar-refractivity contribution is -0.143. The summed E-state index contributed by atoms with van der Waals surface area (Å²) in [5, 5.41) is 8.22. The Balaban J connectivity index is 3.27. The molecule has 9 heavy (non-hydrogen) atoms. The van der Waals surface area contributed by atoms with Gasteiger partial charge in [0, 0.05) is 6.92 Å². The van der Waals surface area contributed by atoms with Gasteiger partial charge in [0.1, 0.15) is 6.61 Å². The topological polar surface area (TPSA) is 76.1 Å². The molecule has 0 aliphatic carbocycles. The van der Waals surface area contributed by atoms with Crippen molar-refractivity contribution in [2.45, 2.75) is 13.0 Å². The molecule has 0 bridgehead atoms. The van der Waals surface area contributed by atoms with Crippen LogP contribution in [0, 0.1) is 0 Å². The van der Waals surface area contributed by atoms with Crippen molar-refractivity contribution in [3.63, 3.8) is 0 Å². The first-order valence-electron chi connectivity index (χ1n) is 2.80. The Labute approximate surface area is 53.6 Å². The van der Waals surface area contributed by atoms with E-state index in [9.17, 15) is 4.79 Å². The van der Waals surface area contributed by atoms with Gasteiger partial charge in [-0.2, -0.15) is 0 Å². The molecule has 0 radical (unpaired) electrons. The molecule has 0 aromatic carbocycles. The van der Waals surface area contributed by atoms with Gasteiger partial charge in [-0.05, 0) is 0 Å². The standard InChI is InChI=1S/C5H11NO3/c1-2-9-3-4(6)5(7)8/h4H,2-3,6H2,1H3,(H,7,8)/p+1. The largest absolute Gasteiger partial charge is 0.480 e. The minimum absolute atomic E-state index is 0.214. The molecule has 1 unspecified atom stereocenters. The minimum Gasteiger partial charge on any atom is -0.480 e. The maximum atomic E-state index is 10.0. The zero-order valence-electron chi connectivity index (χ0n) is 5.37. The summed E-state index contributed by atoms with van der Waals surface area (Å²) in [5.41, 5.74) is 5.11. The van der Waals surface area contributed by atoms with Crippen LogP contribution in [0.15, 0.2) is 0 Å². The van der Waals surface area contributed by atoms with E-state index in [1.165, 1.54) is 0 Å². The van der Waals surface area contributed by atoms with E-state index in [0.717, 1.165) is 0 Å². The second kappa shape index (κ2) is 4.29. The normalized spacial score (nSPS) is 13.1. The quantitative estimate of drug-likeness (QED) is 0.481. The number of carboxylic acids is 1. The molecule has 0 saturated carbocycles. The fourth-order valence-electron chi connectivity index (χ4n) is 0.346. The average molecular weight is 134 g/mol. The molecular formula is C5H12NO3+. The number of hydrogen-bond donors (Lipinski definition) is 2. The molecule has 0 saturated heterocycles. The monoisotopic (exact) mass is 134 g/mol. The molecular weight excluding hydrogens is 122 g/mol. The minimum atomic E-state index is -0.993. The molecule has 0 aliphatic rings. The summed E-state index contributed by atoms with van der Waals surface area (Å²) < 4.78 is 3.79. The van der Waals surface area contributed by atoms with Crippen LogP contribution in [0.5, 0.6) is 0 Å². The van der Waals surface area contributed by atoms with Crippen LogP contribution in [0.3, 0.4) is 0 Å². The maximum absolute atomic E-state index is 10.0. The lowest BCUT2D eigenvalue weighted by Crippen LogP contribution is -2.36. The van der Waals surface area contributed by atoms with Crippen molar-refractivity contribution in [2.75, 3.05) is 13.2 Å². The highest BCUT2D eigenvalue weighted by atomic mass is 16.5. The number of carbonyl (C=O) groups is 1. The first-order chi connectivity index (χ1) is 4.18. The first-order valence-corrected chi connectivity index (χ1v) is 2.80. The van der Waals surface area contributed by atoms with E-state index in [1.807, 2.05) is 6.92 Å². The van der Waals surface area contributed by atoms with Crippen LogP contribution in [-0.4, -0.2) is 35.1 Å². The average Bonchev–Trinajstić information content (AvgIpc) is 1.82. The van der Waals surface area contributed by atoms with Gasteiger partial charge in [0.2, 0.25) is 0 Å². The SMILES string of the molecule is CC[OH+]CC(N)C(=O)O. The maximum Gasteiger partial charge on any atom is 0.328 e. The summed E-state index contributed by atoms with van der Waals surface area (Å²) in [7, 11) is 0. The zero-order chi connectivity index (χ0) is 7.28. The Kier molecular flexibility index (Phi) is 4.00. The highest BCUT2D eigenvalue weighted by molar-refractivity contribution is 5.73. The van der Waals surface area contributed by atoms with Gasteiger partial charge in [0.05, 0.1) is 0 Å². The number of carboxylic acid groups (broad SMARTS) is 1. The molecule has 0 aromatic rings. The molecule has 0 aromatic heterocycles. The van der Waals surface area contributed by atoms with E-state index in [-0.39, 0.29) is 6.61 Å². The first kappa shape index (κ1) is 8.39. The molecule has 0 aliphatic heterocycles. The second-order valence-corrected chi connectivity index (χ2v) is 1.67. The van der Waals surface area contributed by atoms with Gasteiger partial charge in [-0.1, -0.05) is 0 Å². The Morgan fingerprint density at radius 3 is 2.78 bits per heavy atom. The van der Waals surface area contributed by atoms with E-state index in [2.05, 4.69) is 4.74 Å². The highest BCUT2D eigenvalue weighted by Crippen LogP contribution is 1.77. The molecule has 4 nitrogen and oxygen atoms in total. The Bertz CT molecular complexity index is 94.2. The molecule has 0 rings (SSSR count). The van der Waals surface area contributed by atoms with Crippen molar-refractivity contribution in [2.24, 2.45) is 5.73 Å². The van der Waals surface area contributed by atoms with E-state index in [1.54, 1.807) is 0 Å². The number of aliphatic hydroxyl groups is 2. The number of nitrogens with two attached hydrogens (primary N) is 1. The molecule has 0 spiro atoms. The molecule has 0 heterocycles. The predicted octanol–water partition coefficient (Wildman–Crippen LogP) is -1.05. The molecule has 0 amide bonds. The lowest BCUT2D eigenvalue weighted by Gasteiger charge is -2.01. The number of hydrogen-bond acceptors (Lipinski definition) is 2. The molecule has 4 heteroatoms. The molecule has 0 fully saturated rings. The van der Waals surface area contributed by atoms with Crippen molar-refractivity contribution < 1.29 is 14.6 Å². The van der Waals surface area contributed by atoms with Gasteiger partial charge >= 0.3 is 5.97 Å². The molecule has 4 N–H and O–H groups in total. The van der Waals surface area contributed by atoms with Crippen molar-refractivity contribution in [3.05, 3.63) is 0 Å². The van der Waals surface area contributed by atoms with Crippen LogP contribution < -0.4 is 5.73 Å². The summed E-state index contributed by atoms with van der Waals surface area (Å²) in [4.78, 5) is 10.0. The summed E-state index contributed by atoms with van der Waals surface area (Å²) >= 11 is 0. The van der Waals surface area contributed by atoms with Gasteiger partial charge in [0.25, 0.3) is 0 Å². The van der Waals surface area contributed by atoms with E-state index < -0.39 is 12.0 Å². The number of ether oxygens (including phenoxy) is 1. The Morgan fingerprint density at radius 2 is 2.44 bits per heavy atom. The second-order valence-electron chi connectivity index (χ2n) is 1.67. The van der Waals surface area contributed by atoms with Gasteiger partial charge in [-0.3, -0.25) is 4.79 Å². The van der Waals surface area contributed by atoms with Crippen molar-refractivity contribution >= 4 is 5.97 Å². The number of rotatable bonds is 4. The van der Waals surface area contributed by atoms with Crippen LogP contribution in [0.2, 0.25) is 0 Å². The summed E-state index contributed by atoms with van der Waals surface area (Å²) in [6.07, 6.45) is 0. The van der Waals surface area contributed by atoms with Gasteiger partial charge in [0.15, 0.2) is 12.6 Å². The summed E-state index contributed by atoms with van der Waals surface area (Å²) in [5.74, 6) is -0.993. The van der Waals surface area contributed by atoms with Crippen LogP contribution in [0.25, 0.3) is 0 Å². The highest BCUT2D eigenvalue weighted by Gasteiger charge is 2.12. The van der Waals surface area contributed by atoms with Crippen molar-refractivity contribution in [3.8, 4) is 0 Å². The lowest BCUT2D eigenvalue weighted by atomic mass is 10.3. The summed E-state index contributed by atoms with van der Waals surface area (Å²) in [6, 6.07) is -0.829. The summed E-state index contributed by atoms with van der Waals surface area (Å²) in [6.45, 7) is 2.68. The molecule has 1 atom stereocenters. The third kappa shape index (κ3) is 3.93. The third-order valence-electron chi connectivity index (χ3n) is 0.867. The van der Waals surface area contributed by atoms with Gasteiger partial charge < -0.3 is 15.6 Å². The van der Waals surface area contributed by atoms with E-state index in [4.69, 9.17) is 10.8 Å². The van der Waals surface area contributed by atoms with Crippen molar-refractivity contribution in [1.82, 2.24) is 0 Å². The van der Waals surface area contributed by atoms with Crippen LogP contribution in [-0.2, 0) is 4.79 Å². The fraction of sp³-hybridized carbons (Fsp3) is 0.800. The Morgan fingerprint density at radius 1 is 1.89 bits per heavy atom. The number of aliphatic carboxylic acids is 1. The fourth-order valence-corrected chi connectivity index (χ4v) is 0.346. The van der Waals surface area contributed by atoms with Crippen LogP contribution >= 0.6 is 0 Å². The smallest absolute Gasteiger partial charge is 0.328 e. The van der Waals surface area contributed by atoms with Crippen molar-refractivity contribution in [1.29, 1.82) is 0 Å². The van der Waals surface area contributed by atoms with Gasteiger partial charge in [-0.15, -0.1) is 0 Å².